The fraction of sp³-hybridized carbons (Fsp3) is 0.188. The summed E-state index contributed by atoms with van der Waals surface area (Å²) in [4.78, 5) is 16.8. The summed E-state index contributed by atoms with van der Waals surface area (Å²) < 4.78 is 13.5. The van der Waals surface area contributed by atoms with Gasteiger partial charge in [0.15, 0.2) is 0 Å². The number of rotatable bonds is 4. The second-order valence-electron chi connectivity index (χ2n) is 4.93. The lowest BCUT2D eigenvalue weighted by Crippen LogP contribution is -2.22. The van der Waals surface area contributed by atoms with E-state index in [1.54, 1.807) is 6.07 Å². The highest BCUT2D eigenvalue weighted by Crippen LogP contribution is 2.24. The van der Waals surface area contributed by atoms with E-state index in [1.807, 2.05) is 31.2 Å². The third-order valence-corrected chi connectivity index (χ3v) is 3.46. The van der Waals surface area contributed by atoms with Crippen LogP contribution in [0.15, 0.2) is 47.3 Å². The molecule has 0 aliphatic heterocycles. The van der Waals surface area contributed by atoms with Gasteiger partial charge in [-0.1, -0.05) is 25.1 Å². The number of aromatic nitrogens is 2. The van der Waals surface area contributed by atoms with Crippen molar-refractivity contribution in [1.29, 1.82) is 0 Å². The summed E-state index contributed by atoms with van der Waals surface area (Å²) in [5.74, 6) is -0.258. The maximum absolute atomic E-state index is 13.5. The largest absolute Gasteiger partial charge is 0.323 e. The molecule has 0 saturated heterocycles. The van der Waals surface area contributed by atoms with Crippen LogP contribution in [0.25, 0.3) is 11.0 Å². The van der Waals surface area contributed by atoms with E-state index in [-0.39, 0.29) is 17.5 Å². The van der Waals surface area contributed by atoms with Gasteiger partial charge in [-0.15, -0.1) is 0 Å². The average Bonchev–Trinajstić information content (AvgIpc) is 2.83. The highest BCUT2D eigenvalue weighted by Gasteiger charge is 2.14. The molecule has 1 aromatic heterocycles. The maximum Gasteiger partial charge on any atom is 0.323 e. The van der Waals surface area contributed by atoms with Crippen molar-refractivity contribution in [2.45, 2.75) is 13.0 Å². The number of benzene rings is 2. The summed E-state index contributed by atoms with van der Waals surface area (Å²) in [6.07, 6.45) is 0. The molecule has 1 unspecified atom stereocenters. The smallest absolute Gasteiger partial charge is 0.307 e. The standard InChI is InChI=1S/C16H16FN3O/c1-2-18-15(10-4-3-5-12(17)8-10)11-6-7-13-14(9-11)20-16(21)19-13/h3-9,15,18H,2H2,1H3,(H2,19,20,21). The minimum absolute atomic E-state index is 0.117. The van der Waals surface area contributed by atoms with Crippen molar-refractivity contribution < 1.29 is 4.39 Å². The van der Waals surface area contributed by atoms with Crippen molar-refractivity contribution in [3.63, 3.8) is 0 Å². The van der Waals surface area contributed by atoms with Crippen molar-refractivity contribution in [3.05, 3.63) is 69.9 Å². The van der Waals surface area contributed by atoms with Crippen LogP contribution in [0.5, 0.6) is 0 Å². The molecule has 0 radical (unpaired) electrons. The van der Waals surface area contributed by atoms with Crippen LogP contribution in [-0.4, -0.2) is 16.5 Å². The fourth-order valence-corrected chi connectivity index (χ4v) is 2.55. The van der Waals surface area contributed by atoms with Gasteiger partial charge < -0.3 is 15.3 Å². The van der Waals surface area contributed by atoms with Gasteiger partial charge in [-0.05, 0) is 41.9 Å². The van der Waals surface area contributed by atoms with Crippen molar-refractivity contribution in [1.82, 2.24) is 15.3 Å². The molecule has 0 aliphatic rings. The van der Waals surface area contributed by atoms with Crippen LogP contribution < -0.4 is 11.0 Å². The number of nitrogens with one attached hydrogen (secondary N) is 3. The minimum Gasteiger partial charge on any atom is -0.307 e. The van der Waals surface area contributed by atoms with Crippen LogP contribution >= 0.6 is 0 Å². The average molecular weight is 285 g/mol. The Morgan fingerprint density at radius 1 is 1.10 bits per heavy atom. The van der Waals surface area contributed by atoms with Gasteiger partial charge in [-0.3, -0.25) is 0 Å². The predicted molar refractivity (Wildman–Crippen MR) is 80.8 cm³/mol. The number of hydrogen-bond acceptors (Lipinski definition) is 2. The highest BCUT2D eigenvalue weighted by atomic mass is 19.1. The first-order chi connectivity index (χ1) is 10.2. The number of H-pyrrole nitrogens is 2. The molecular formula is C16H16FN3O. The SMILES string of the molecule is CCNC(c1cccc(F)c1)c1ccc2[nH]c(=O)[nH]c2c1. The van der Waals surface area contributed by atoms with E-state index in [1.165, 1.54) is 12.1 Å². The fourth-order valence-electron chi connectivity index (χ4n) is 2.55. The summed E-state index contributed by atoms with van der Waals surface area (Å²) in [5.41, 5.74) is 3.11. The van der Waals surface area contributed by atoms with E-state index in [2.05, 4.69) is 15.3 Å². The monoisotopic (exact) mass is 285 g/mol. The first-order valence-electron chi connectivity index (χ1n) is 6.88. The van der Waals surface area contributed by atoms with Gasteiger partial charge in [0.25, 0.3) is 0 Å². The van der Waals surface area contributed by atoms with Gasteiger partial charge in [0.1, 0.15) is 5.82 Å². The Labute approximate surface area is 121 Å². The van der Waals surface area contributed by atoms with Crippen LogP contribution in [0.4, 0.5) is 4.39 Å². The van der Waals surface area contributed by atoms with Crippen LogP contribution in [0, 0.1) is 5.82 Å². The molecule has 0 bridgehead atoms. The van der Waals surface area contributed by atoms with Crippen LogP contribution in [0.3, 0.4) is 0 Å². The van der Waals surface area contributed by atoms with Gasteiger partial charge >= 0.3 is 5.69 Å². The zero-order valence-electron chi connectivity index (χ0n) is 11.6. The number of hydrogen-bond donors (Lipinski definition) is 3. The molecule has 0 amide bonds. The van der Waals surface area contributed by atoms with E-state index in [0.29, 0.717) is 0 Å². The maximum atomic E-state index is 13.5. The third kappa shape index (κ3) is 2.73. The molecule has 2 aromatic carbocycles. The second-order valence-corrected chi connectivity index (χ2v) is 4.93. The van der Waals surface area contributed by atoms with Gasteiger partial charge in [0, 0.05) is 0 Å². The quantitative estimate of drug-likeness (QED) is 0.690. The van der Waals surface area contributed by atoms with Gasteiger partial charge in [-0.2, -0.15) is 0 Å². The van der Waals surface area contributed by atoms with Gasteiger partial charge in [0.2, 0.25) is 0 Å². The summed E-state index contributed by atoms with van der Waals surface area (Å²) in [5, 5.41) is 3.35. The molecule has 0 fully saturated rings. The molecule has 1 heterocycles. The third-order valence-electron chi connectivity index (χ3n) is 3.46. The van der Waals surface area contributed by atoms with Crippen LogP contribution in [0.1, 0.15) is 24.1 Å². The van der Waals surface area contributed by atoms with E-state index in [9.17, 15) is 9.18 Å². The van der Waals surface area contributed by atoms with Crippen LogP contribution in [0.2, 0.25) is 0 Å². The Kier molecular flexibility index (Phi) is 3.58. The Hall–Kier alpha value is -2.40. The molecule has 0 saturated carbocycles. The number of imidazole rings is 1. The van der Waals surface area contributed by atoms with E-state index >= 15 is 0 Å². The van der Waals surface area contributed by atoms with Crippen molar-refractivity contribution in [2.75, 3.05) is 6.54 Å². The van der Waals surface area contributed by atoms with Crippen molar-refractivity contribution in [2.24, 2.45) is 0 Å². The van der Waals surface area contributed by atoms with E-state index in [4.69, 9.17) is 0 Å². The molecule has 0 spiro atoms. The van der Waals surface area contributed by atoms with Crippen molar-refractivity contribution >= 4 is 11.0 Å². The van der Waals surface area contributed by atoms with Gasteiger partial charge in [-0.25, -0.2) is 9.18 Å². The first kappa shape index (κ1) is 13.6. The Morgan fingerprint density at radius 3 is 2.62 bits per heavy atom. The molecule has 3 aromatic rings. The summed E-state index contributed by atoms with van der Waals surface area (Å²) in [7, 11) is 0. The molecule has 3 rings (SSSR count). The van der Waals surface area contributed by atoms with E-state index < -0.39 is 0 Å². The lowest BCUT2D eigenvalue weighted by Gasteiger charge is -2.19. The molecule has 21 heavy (non-hydrogen) atoms. The van der Waals surface area contributed by atoms with E-state index in [0.717, 1.165) is 28.7 Å². The molecular weight excluding hydrogens is 269 g/mol. The summed E-state index contributed by atoms with van der Waals surface area (Å²) >= 11 is 0. The Balaban J connectivity index is 2.07. The lowest BCUT2D eigenvalue weighted by atomic mass is 9.98. The topological polar surface area (TPSA) is 60.7 Å². The first-order valence-corrected chi connectivity index (χ1v) is 6.88. The highest BCUT2D eigenvalue weighted by molar-refractivity contribution is 5.75. The molecule has 3 N–H and O–H groups in total. The number of aromatic amines is 2. The molecule has 1 atom stereocenters. The van der Waals surface area contributed by atoms with Gasteiger partial charge in [0.05, 0.1) is 17.1 Å². The number of halogens is 1. The minimum atomic E-state index is -0.258. The Morgan fingerprint density at radius 2 is 1.86 bits per heavy atom. The number of fused-ring (bicyclic) bond motifs is 1. The zero-order valence-corrected chi connectivity index (χ0v) is 11.6. The lowest BCUT2D eigenvalue weighted by molar-refractivity contribution is 0.603. The Bertz CT molecular complexity index is 822. The van der Waals surface area contributed by atoms with Crippen molar-refractivity contribution in [3.8, 4) is 0 Å². The molecule has 0 aliphatic carbocycles. The zero-order chi connectivity index (χ0) is 14.8. The van der Waals surface area contributed by atoms with Crippen LogP contribution in [-0.2, 0) is 0 Å². The summed E-state index contributed by atoms with van der Waals surface area (Å²) in [6.45, 7) is 2.76. The molecule has 4 nitrogen and oxygen atoms in total. The molecule has 108 valence electrons. The molecule has 5 heteroatoms. The predicted octanol–water partition coefficient (Wildman–Crippen LogP) is 2.69. The normalized spacial score (nSPS) is 12.7. The second kappa shape index (κ2) is 5.54. The summed E-state index contributed by atoms with van der Waals surface area (Å²) in [6, 6.07) is 12.1.